The van der Waals surface area contributed by atoms with Gasteiger partial charge >= 0.3 is 0 Å². The Bertz CT molecular complexity index is 725. The minimum Gasteiger partial charge on any atom is -0.370 e. The standard InChI is InChI=1S/C22H28F2O2/c1-4-6-16-13-22(18(7-8-26-22)12-21(16)25)14(3)9-17-11-19(23)15(5-2)10-20(17)24/h10-12,14,16H,4-9,13H2,1-3H3/t14?,16-,22+/m1/s1. The number of carbonyl (C=O) groups is 1. The van der Waals surface area contributed by atoms with E-state index >= 15 is 0 Å². The van der Waals surface area contributed by atoms with Gasteiger partial charge < -0.3 is 4.74 Å². The van der Waals surface area contributed by atoms with E-state index in [2.05, 4.69) is 6.92 Å². The average molecular weight is 362 g/mol. The van der Waals surface area contributed by atoms with Crippen LogP contribution in [-0.2, 0) is 22.4 Å². The van der Waals surface area contributed by atoms with Crippen molar-refractivity contribution in [2.24, 2.45) is 11.8 Å². The van der Waals surface area contributed by atoms with Crippen molar-refractivity contribution in [1.29, 1.82) is 0 Å². The number of hydrogen-bond acceptors (Lipinski definition) is 2. The Kier molecular flexibility index (Phi) is 5.61. The third-order valence-electron chi connectivity index (χ3n) is 6.10. The molecule has 142 valence electrons. The van der Waals surface area contributed by atoms with Gasteiger partial charge in [0.15, 0.2) is 5.78 Å². The second-order valence-corrected chi connectivity index (χ2v) is 7.74. The molecule has 2 nitrogen and oxygen atoms in total. The fourth-order valence-corrected chi connectivity index (χ4v) is 4.59. The zero-order chi connectivity index (χ0) is 18.9. The van der Waals surface area contributed by atoms with Gasteiger partial charge in [-0.2, -0.15) is 0 Å². The van der Waals surface area contributed by atoms with Crippen molar-refractivity contribution in [3.63, 3.8) is 0 Å². The zero-order valence-electron chi connectivity index (χ0n) is 15.9. The van der Waals surface area contributed by atoms with Crippen molar-refractivity contribution in [2.75, 3.05) is 6.61 Å². The normalized spacial score (nSPS) is 26.6. The van der Waals surface area contributed by atoms with Gasteiger partial charge in [0.25, 0.3) is 0 Å². The summed E-state index contributed by atoms with van der Waals surface area (Å²) in [7, 11) is 0. The van der Waals surface area contributed by atoms with Crippen LogP contribution in [0.4, 0.5) is 8.78 Å². The molecule has 1 aromatic carbocycles. The van der Waals surface area contributed by atoms with Crippen molar-refractivity contribution in [1.82, 2.24) is 0 Å². The summed E-state index contributed by atoms with van der Waals surface area (Å²) in [5, 5.41) is 0. The van der Waals surface area contributed by atoms with Gasteiger partial charge in [0.2, 0.25) is 0 Å². The summed E-state index contributed by atoms with van der Waals surface area (Å²) in [6, 6.07) is 2.64. The van der Waals surface area contributed by atoms with E-state index in [-0.39, 0.29) is 29.3 Å². The van der Waals surface area contributed by atoms with Gasteiger partial charge in [0.05, 0.1) is 12.2 Å². The molecule has 0 amide bonds. The number of hydrogen-bond donors (Lipinski definition) is 0. The zero-order valence-corrected chi connectivity index (χ0v) is 15.9. The molecule has 1 fully saturated rings. The molecule has 1 unspecified atom stereocenters. The molecular weight excluding hydrogens is 334 g/mol. The molecule has 0 aromatic heterocycles. The van der Waals surface area contributed by atoms with Crippen LogP contribution in [0, 0.1) is 23.5 Å². The highest BCUT2D eigenvalue weighted by Crippen LogP contribution is 2.47. The highest BCUT2D eigenvalue weighted by atomic mass is 19.1. The Balaban J connectivity index is 1.88. The number of halogens is 2. The van der Waals surface area contributed by atoms with Crippen molar-refractivity contribution in [3.05, 3.63) is 46.5 Å². The summed E-state index contributed by atoms with van der Waals surface area (Å²) in [6.45, 7) is 6.51. The van der Waals surface area contributed by atoms with Crippen LogP contribution in [0.3, 0.4) is 0 Å². The van der Waals surface area contributed by atoms with Gasteiger partial charge in [-0.1, -0.05) is 27.2 Å². The smallest absolute Gasteiger partial charge is 0.158 e. The van der Waals surface area contributed by atoms with Crippen LogP contribution in [0.1, 0.15) is 57.6 Å². The monoisotopic (exact) mass is 362 g/mol. The maximum absolute atomic E-state index is 14.5. The minimum atomic E-state index is -0.514. The third-order valence-corrected chi connectivity index (χ3v) is 6.10. The first-order chi connectivity index (χ1) is 12.4. The number of allylic oxidation sites excluding steroid dienone is 1. The number of ether oxygens (including phenoxy) is 1. The summed E-state index contributed by atoms with van der Waals surface area (Å²) >= 11 is 0. The molecule has 0 N–H and O–H groups in total. The Hall–Kier alpha value is -1.55. The Morgan fingerprint density at radius 1 is 1.23 bits per heavy atom. The van der Waals surface area contributed by atoms with Crippen molar-refractivity contribution in [2.45, 2.75) is 64.9 Å². The molecule has 0 radical (unpaired) electrons. The molecule has 1 aliphatic carbocycles. The Labute approximate surface area is 154 Å². The van der Waals surface area contributed by atoms with Crippen LogP contribution in [0.15, 0.2) is 23.8 Å². The molecule has 0 bridgehead atoms. The number of rotatable bonds is 6. The maximum Gasteiger partial charge on any atom is 0.158 e. The summed E-state index contributed by atoms with van der Waals surface area (Å²) in [4.78, 5) is 12.4. The Morgan fingerprint density at radius 2 is 1.92 bits per heavy atom. The number of aryl methyl sites for hydroxylation is 1. The second-order valence-electron chi connectivity index (χ2n) is 7.74. The van der Waals surface area contributed by atoms with Gasteiger partial charge in [-0.15, -0.1) is 0 Å². The molecule has 1 saturated heterocycles. The van der Waals surface area contributed by atoms with Crippen LogP contribution in [0.25, 0.3) is 0 Å². The van der Waals surface area contributed by atoms with Crippen LogP contribution < -0.4 is 0 Å². The van der Waals surface area contributed by atoms with Gasteiger partial charge in [0.1, 0.15) is 11.6 Å². The van der Waals surface area contributed by atoms with E-state index < -0.39 is 5.60 Å². The van der Waals surface area contributed by atoms with E-state index in [1.807, 2.05) is 13.8 Å². The quantitative estimate of drug-likeness (QED) is 0.697. The van der Waals surface area contributed by atoms with Crippen LogP contribution in [0.2, 0.25) is 0 Å². The first-order valence-electron chi connectivity index (χ1n) is 9.76. The van der Waals surface area contributed by atoms with Gasteiger partial charge in [-0.3, -0.25) is 4.79 Å². The molecule has 1 aromatic rings. The molecule has 26 heavy (non-hydrogen) atoms. The number of benzene rings is 1. The largest absolute Gasteiger partial charge is 0.370 e. The third kappa shape index (κ3) is 3.36. The molecule has 3 atom stereocenters. The molecule has 4 heteroatoms. The van der Waals surface area contributed by atoms with Crippen molar-refractivity contribution in [3.8, 4) is 0 Å². The van der Waals surface area contributed by atoms with E-state index in [0.29, 0.717) is 37.0 Å². The van der Waals surface area contributed by atoms with Gasteiger partial charge in [0, 0.05) is 5.92 Å². The van der Waals surface area contributed by atoms with E-state index in [9.17, 15) is 13.6 Å². The predicted molar refractivity (Wildman–Crippen MR) is 98.0 cm³/mol. The minimum absolute atomic E-state index is 0.0231. The van der Waals surface area contributed by atoms with Crippen molar-refractivity contribution < 1.29 is 18.3 Å². The number of ketones is 1. The van der Waals surface area contributed by atoms with E-state index in [0.717, 1.165) is 24.8 Å². The number of fused-ring (bicyclic) bond motifs is 1. The molecule has 1 heterocycles. The fourth-order valence-electron chi connectivity index (χ4n) is 4.59. The summed E-state index contributed by atoms with van der Waals surface area (Å²) in [5.41, 5.74) is 1.31. The molecule has 2 aliphatic rings. The molecule has 0 saturated carbocycles. The second kappa shape index (κ2) is 7.59. The SMILES string of the molecule is CCC[C@@H]1C[C@@]2(C(C)Cc3cc(F)c(CC)cc3F)OCCC2=CC1=O. The summed E-state index contributed by atoms with van der Waals surface area (Å²) in [5.74, 6) is -0.565. The number of carbonyl (C=O) groups excluding carboxylic acids is 1. The van der Waals surface area contributed by atoms with Gasteiger partial charge in [-0.05, 0) is 72.9 Å². The first kappa shape index (κ1) is 19.2. The predicted octanol–water partition coefficient (Wildman–Crippen LogP) is 5.18. The lowest BCUT2D eigenvalue weighted by atomic mass is 9.68. The van der Waals surface area contributed by atoms with Crippen LogP contribution in [-0.4, -0.2) is 18.0 Å². The van der Waals surface area contributed by atoms with E-state index in [1.165, 1.54) is 12.1 Å². The summed E-state index contributed by atoms with van der Waals surface area (Å²) in [6.07, 6.45) is 5.84. The highest BCUT2D eigenvalue weighted by Gasteiger charge is 2.49. The molecule has 3 rings (SSSR count). The lowest BCUT2D eigenvalue weighted by molar-refractivity contribution is -0.123. The average Bonchev–Trinajstić information content (AvgIpc) is 3.02. The topological polar surface area (TPSA) is 26.3 Å². The first-order valence-corrected chi connectivity index (χ1v) is 9.76. The van der Waals surface area contributed by atoms with Gasteiger partial charge in [-0.25, -0.2) is 8.78 Å². The van der Waals surface area contributed by atoms with E-state index in [4.69, 9.17) is 4.74 Å². The van der Waals surface area contributed by atoms with E-state index in [1.54, 1.807) is 6.08 Å². The Morgan fingerprint density at radius 3 is 2.62 bits per heavy atom. The lowest BCUT2D eigenvalue weighted by Crippen LogP contribution is -2.44. The molecule has 0 spiro atoms. The lowest BCUT2D eigenvalue weighted by Gasteiger charge is -2.41. The summed E-state index contributed by atoms with van der Waals surface area (Å²) < 4.78 is 34.8. The maximum atomic E-state index is 14.5. The molecule has 1 aliphatic heterocycles. The fraction of sp³-hybridized carbons (Fsp3) is 0.591. The highest BCUT2D eigenvalue weighted by molar-refractivity contribution is 5.94. The molecular formula is C22H28F2O2. The van der Waals surface area contributed by atoms with Crippen LogP contribution >= 0.6 is 0 Å². The van der Waals surface area contributed by atoms with Crippen LogP contribution in [0.5, 0.6) is 0 Å². The van der Waals surface area contributed by atoms with Crippen molar-refractivity contribution >= 4 is 5.78 Å².